The van der Waals surface area contributed by atoms with Crippen LogP contribution in [0.1, 0.15) is 37.3 Å². The Morgan fingerprint density at radius 2 is 0.711 bits per heavy atom. The number of azo groups is 1. The lowest BCUT2D eigenvalue weighted by atomic mass is 10.0. The molecule has 0 saturated carbocycles. The molecule has 0 aliphatic rings. The van der Waals surface area contributed by atoms with Gasteiger partial charge in [-0.15, -0.1) is 0 Å². The molecule has 0 saturated heterocycles. The summed E-state index contributed by atoms with van der Waals surface area (Å²) in [6.45, 7) is 6.96. The van der Waals surface area contributed by atoms with Gasteiger partial charge in [0.15, 0.2) is 11.1 Å². The van der Waals surface area contributed by atoms with Gasteiger partial charge in [-0.3, -0.25) is 18.7 Å². The number of fused-ring (bicyclic) bond motifs is 6. The second-order valence-electron chi connectivity index (χ2n) is 10.7. The maximum atomic E-state index is 13.9. The van der Waals surface area contributed by atoms with Crippen LogP contribution in [-0.2, 0) is 0 Å². The van der Waals surface area contributed by atoms with Crippen LogP contribution in [0.2, 0.25) is 0 Å². The van der Waals surface area contributed by atoms with Crippen LogP contribution in [0.4, 0.5) is 0 Å². The van der Waals surface area contributed by atoms with E-state index in [0.717, 1.165) is 43.6 Å². The van der Waals surface area contributed by atoms with Crippen LogP contribution in [0, 0.1) is 0 Å². The van der Waals surface area contributed by atoms with Crippen LogP contribution in [0.3, 0.4) is 0 Å². The zero-order valence-electron chi connectivity index (χ0n) is 21.8. The van der Waals surface area contributed by atoms with E-state index in [0.29, 0.717) is 0 Å². The number of rotatable bonds is 4. The molecule has 0 N–H and O–H groups in total. The molecule has 0 unspecified atom stereocenters. The second-order valence-corrected chi connectivity index (χ2v) is 10.7. The van der Waals surface area contributed by atoms with Crippen LogP contribution >= 0.6 is 0 Å². The molecule has 2 heterocycles. The van der Waals surface area contributed by atoms with Crippen LogP contribution in [-0.4, -0.2) is 32.0 Å². The topological polar surface area (TPSA) is 68.7 Å². The number of hydrogen-bond acceptors (Lipinski definition) is 4. The average molecular weight is 501 g/mol. The SMILES string of the molecule is CC(C)(N=NC(C)(C)C(=O)n1c2ccccc2c2ccccc21)C(=O)n1c2ccccc2c2ccccc21. The van der Waals surface area contributed by atoms with E-state index in [4.69, 9.17) is 0 Å². The summed E-state index contributed by atoms with van der Waals surface area (Å²) < 4.78 is 3.43. The third-order valence-electron chi connectivity index (χ3n) is 7.16. The zero-order chi connectivity index (χ0) is 26.7. The van der Waals surface area contributed by atoms with Crippen molar-refractivity contribution in [3.05, 3.63) is 97.1 Å². The molecule has 38 heavy (non-hydrogen) atoms. The van der Waals surface area contributed by atoms with E-state index in [1.807, 2.05) is 97.1 Å². The highest BCUT2D eigenvalue weighted by atomic mass is 16.2. The van der Waals surface area contributed by atoms with Crippen molar-refractivity contribution in [2.24, 2.45) is 10.2 Å². The predicted octanol–water partition coefficient (Wildman–Crippen LogP) is 7.89. The molecule has 6 rings (SSSR count). The highest BCUT2D eigenvalue weighted by Crippen LogP contribution is 2.33. The molecule has 0 fully saturated rings. The minimum atomic E-state index is -1.21. The fourth-order valence-corrected chi connectivity index (χ4v) is 5.17. The van der Waals surface area contributed by atoms with Crippen molar-refractivity contribution in [1.82, 2.24) is 9.13 Å². The zero-order valence-corrected chi connectivity index (χ0v) is 21.8. The van der Waals surface area contributed by atoms with Gasteiger partial charge in [-0.1, -0.05) is 72.8 Å². The number of nitrogens with zero attached hydrogens (tertiary/aromatic N) is 4. The van der Waals surface area contributed by atoms with E-state index >= 15 is 0 Å². The third kappa shape index (κ3) is 3.56. The van der Waals surface area contributed by atoms with Gasteiger partial charge in [0.05, 0.1) is 22.1 Å². The van der Waals surface area contributed by atoms with Crippen LogP contribution < -0.4 is 0 Å². The molecule has 0 aliphatic heterocycles. The number of carbonyl (C=O) groups excluding carboxylic acids is 2. The van der Waals surface area contributed by atoms with Crippen molar-refractivity contribution < 1.29 is 9.59 Å². The number of benzene rings is 4. The van der Waals surface area contributed by atoms with E-state index in [9.17, 15) is 9.59 Å². The van der Waals surface area contributed by atoms with Crippen molar-refractivity contribution in [3.8, 4) is 0 Å². The van der Waals surface area contributed by atoms with Crippen LogP contribution in [0.25, 0.3) is 43.6 Å². The summed E-state index contributed by atoms with van der Waals surface area (Å²) >= 11 is 0. The Morgan fingerprint density at radius 3 is 0.974 bits per heavy atom. The summed E-state index contributed by atoms with van der Waals surface area (Å²) in [6.07, 6.45) is 0. The molecule has 0 amide bonds. The van der Waals surface area contributed by atoms with Crippen molar-refractivity contribution in [1.29, 1.82) is 0 Å². The van der Waals surface area contributed by atoms with E-state index in [1.165, 1.54) is 0 Å². The smallest absolute Gasteiger partial charge is 0.260 e. The summed E-state index contributed by atoms with van der Waals surface area (Å²) in [7, 11) is 0. The van der Waals surface area contributed by atoms with Crippen molar-refractivity contribution in [2.75, 3.05) is 0 Å². The van der Waals surface area contributed by atoms with Crippen LogP contribution in [0.5, 0.6) is 0 Å². The summed E-state index contributed by atoms with van der Waals surface area (Å²) in [5, 5.41) is 13.0. The van der Waals surface area contributed by atoms with Crippen molar-refractivity contribution >= 4 is 55.4 Å². The largest absolute Gasteiger partial charge is 0.278 e. The highest BCUT2D eigenvalue weighted by Gasteiger charge is 2.36. The summed E-state index contributed by atoms with van der Waals surface area (Å²) in [5.74, 6) is -0.419. The standard InChI is InChI=1S/C32H28N4O2/c1-31(2,29(37)35-25-17-9-5-13-21(25)22-14-6-10-18-26(22)35)33-34-32(3,4)30(38)36-27-19-11-7-15-23(27)24-16-8-12-20-28(24)36/h5-20H,1-4H3. The first-order valence-electron chi connectivity index (χ1n) is 12.7. The van der Waals surface area contributed by atoms with Gasteiger partial charge in [-0.25, -0.2) is 0 Å². The van der Waals surface area contributed by atoms with Gasteiger partial charge in [0.2, 0.25) is 0 Å². The Balaban J connectivity index is 1.40. The van der Waals surface area contributed by atoms with Gasteiger partial charge in [0.25, 0.3) is 11.8 Å². The van der Waals surface area contributed by atoms with Gasteiger partial charge in [0, 0.05) is 21.5 Å². The minimum absolute atomic E-state index is 0.209. The molecule has 0 aliphatic carbocycles. The highest BCUT2D eigenvalue weighted by molar-refractivity contribution is 6.15. The van der Waals surface area contributed by atoms with Gasteiger partial charge in [-0.2, -0.15) is 10.2 Å². The Kier molecular flexibility index (Phi) is 5.31. The van der Waals surface area contributed by atoms with Crippen LogP contribution in [0.15, 0.2) is 107 Å². The van der Waals surface area contributed by atoms with E-state index in [-0.39, 0.29) is 11.8 Å². The van der Waals surface area contributed by atoms with Gasteiger partial charge < -0.3 is 0 Å². The Hall–Kier alpha value is -4.58. The number of hydrogen-bond donors (Lipinski definition) is 0. The van der Waals surface area contributed by atoms with Gasteiger partial charge in [-0.05, 0) is 52.0 Å². The second kappa shape index (κ2) is 8.48. The molecular formula is C32H28N4O2. The van der Waals surface area contributed by atoms with E-state index < -0.39 is 11.1 Å². The minimum Gasteiger partial charge on any atom is -0.278 e. The number of aromatic nitrogens is 2. The molecule has 0 spiro atoms. The molecule has 2 aromatic heterocycles. The fraction of sp³-hybridized carbons (Fsp3) is 0.188. The molecule has 188 valence electrons. The third-order valence-corrected chi connectivity index (χ3v) is 7.16. The van der Waals surface area contributed by atoms with Crippen molar-refractivity contribution in [3.63, 3.8) is 0 Å². The molecule has 6 heteroatoms. The lowest BCUT2D eigenvalue weighted by Gasteiger charge is -2.23. The predicted molar refractivity (Wildman–Crippen MR) is 153 cm³/mol. The molecule has 6 nitrogen and oxygen atoms in total. The Bertz CT molecular complexity index is 1670. The average Bonchev–Trinajstić information content (AvgIpc) is 3.44. The first-order chi connectivity index (χ1) is 18.2. The maximum Gasteiger partial charge on any atom is 0.260 e. The Morgan fingerprint density at radius 1 is 0.474 bits per heavy atom. The quantitative estimate of drug-likeness (QED) is 0.231. The maximum absolute atomic E-state index is 13.9. The molecule has 4 aromatic carbocycles. The molecule has 0 atom stereocenters. The van der Waals surface area contributed by atoms with E-state index in [1.54, 1.807) is 36.8 Å². The Labute approximate surface area is 220 Å². The lowest BCUT2D eigenvalue weighted by molar-refractivity contribution is 0.0799. The van der Waals surface area contributed by atoms with Gasteiger partial charge in [0.1, 0.15) is 0 Å². The first-order valence-corrected chi connectivity index (χ1v) is 12.7. The monoisotopic (exact) mass is 500 g/mol. The molecule has 6 aromatic rings. The number of para-hydroxylation sites is 4. The van der Waals surface area contributed by atoms with Gasteiger partial charge >= 0.3 is 0 Å². The number of carbonyl (C=O) groups is 2. The first kappa shape index (κ1) is 23.8. The summed E-state index contributed by atoms with van der Waals surface area (Å²) in [4.78, 5) is 27.9. The lowest BCUT2D eigenvalue weighted by Crippen LogP contribution is -2.37. The summed E-state index contributed by atoms with van der Waals surface area (Å²) in [6, 6.07) is 31.4. The van der Waals surface area contributed by atoms with E-state index in [2.05, 4.69) is 10.2 Å². The fourth-order valence-electron chi connectivity index (χ4n) is 5.17. The molecule has 0 radical (unpaired) electrons. The summed E-state index contributed by atoms with van der Waals surface area (Å²) in [5.41, 5.74) is 0.877. The normalized spacial score (nSPS) is 12.8. The molecule has 0 bridgehead atoms. The van der Waals surface area contributed by atoms with Crippen molar-refractivity contribution in [2.45, 2.75) is 38.8 Å². The molecular weight excluding hydrogens is 472 g/mol.